The van der Waals surface area contributed by atoms with Crippen LogP contribution in [0.3, 0.4) is 0 Å². The molecule has 0 heterocycles. The van der Waals surface area contributed by atoms with Gasteiger partial charge in [0.2, 0.25) is 5.91 Å². The zero-order valence-corrected chi connectivity index (χ0v) is 12.4. The van der Waals surface area contributed by atoms with Crippen molar-refractivity contribution < 1.29 is 9.53 Å². The monoisotopic (exact) mass is 264 g/mol. The Morgan fingerprint density at radius 3 is 2.53 bits per heavy atom. The molecule has 3 N–H and O–H groups in total. The van der Waals surface area contributed by atoms with Gasteiger partial charge in [0, 0.05) is 0 Å². The van der Waals surface area contributed by atoms with Crippen molar-refractivity contribution in [3.8, 4) is 5.75 Å². The van der Waals surface area contributed by atoms with Crippen LogP contribution in [0.5, 0.6) is 5.75 Å². The molecular weight excluding hydrogens is 240 g/mol. The lowest BCUT2D eigenvalue weighted by Gasteiger charge is -2.27. The largest absolute Gasteiger partial charge is 0.497 e. The zero-order chi connectivity index (χ0) is 14.6. The number of amides is 1. The maximum absolute atomic E-state index is 12.1. The van der Waals surface area contributed by atoms with Crippen molar-refractivity contribution in [2.75, 3.05) is 7.11 Å². The molecule has 0 aliphatic rings. The molecule has 19 heavy (non-hydrogen) atoms. The van der Waals surface area contributed by atoms with E-state index in [9.17, 15) is 4.79 Å². The Hall–Kier alpha value is -1.55. The highest BCUT2D eigenvalue weighted by Gasteiger charge is 2.28. The molecule has 0 spiro atoms. The number of carbonyl (C=O) groups excluding carboxylic acids is 1. The van der Waals surface area contributed by atoms with Gasteiger partial charge in [-0.3, -0.25) is 4.79 Å². The summed E-state index contributed by atoms with van der Waals surface area (Å²) in [6.07, 6.45) is 0. The van der Waals surface area contributed by atoms with E-state index < -0.39 is 6.04 Å². The third-order valence-corrected chi connectivity index (χ3v) is 3.17. The van der Waals surface area contributed by atoms with Crippen molar-refractivity contribution in [2.45, 2.75) is 39.8 Å². The number of hydrogen-bond acceptors (Lipinski definition) is 3. The molecular formula is C15H24N2O2. The third kappa shape index (κ3) is 4.24. The van der Waals surface area contributed by atoms with E-state index in [1.165, 1.54) is 0 Å². The maximum Gasteiger partial charge on any atom is 0.237 e. The highest BCUT2D eigenvalue weighted by molar-refractivity contribution is 5.82. The highest BCUT2D eigenvalue weighted by Crippen LogP contribution is 2.21. The van der Waals surface area contributed by atoms with E-state index in [2.05, 4.69) is 5.32 Å². The SMILES string of the molecule is COc1cccc([C@@H](C)NC(=O)[C@H](N)C(C)(C)C)c1. The van der Waals surface area contributed by atoms with Gasteiger partial charge < -0.3 is 15.8 Å². The summed E-state index contributed by atoms with van der Waals surface area (Å²) < 4.78 is 5.17. The summed E-state index contributed by atoms with van der Waals surface area (Å²) in [5.74, 6) is 0.640. The summed E-state index contributed by atoms with van der Waals surface area (Å²) >= 11 is 0. The van der Waals surface area contributed by atoms with Crippen LogP contribution in [-0.2, 0) is 4.79 Å². The van der Waals surface area contributed by atoms with Crippen LogP contribution in [0.1, 0.15) is 39.3 Å². The van der Waals surface area contributed by atoms with Crippen LogP contribution in [-0.4, -0.2) is 19.1 Å². The van der Waals surface area contributed by atoms with Gasteiger partial charge in [-0.15, -0.1) is 0 Å². The minimum absolute atomic E-state index is 0.101. The maximum atomic E-state index is 12.1. The minimum atomic E-state index is -0.527. The van der Waals surface area contributed by atoms with Gasteiger partial charge in [0.15, 0.2) is 0 Å². The number of nitrogens with one attached hydrogen (secondary N) is 1. The number of ether oxygens (including phenoxy) is 1. The van der Waals surface area contributed by atoms with Gasteiger partial charge in [0.25, 0.3) is 0 Å². The number of nitrogens with two attached hydrogens (primary N) is 1. The first-order chi connectivity index (χ1) is 8.75. The fraction of sp³-hybridized carbons (Fsp3) is 0.533. The fourth-order valence-corrected chi connectivity index (χ4v) is 1.69. The van der Waals surface area contributed by atoms with E-state index in [1.54, 1.807) is 7.11 Å². The first kappa shape index (κ1) is 15.5. The molecule has 0 aromatic heterocycles. The van der Waals surface area contributed by atoms with Gasteiger partial charge >= 0.3 is 0 Å². The summed E-state index contributed by atoms with van der Waals surface area (Å²) in [5.41, 5.74) is 6.68. The Morgan fingerprint density at radius 2 is 2.00 bits per heavy atom. The molecule has 0 aliphatic heterocycles. The lowest BCUT2D eigenvalue weighted by atomic mass is 9.86. The fourth-order valence-electron chi connectivity index (χ4n) is 1.69. The zero-order valence-electron chi connectivity index (χ0n) is 12.4. The van der Waals surface area contributed by atoms with Crippen LogP contribution < -0.4 is 15.8 Å². The van der Waals surface area contributed by atoms with E-state index in [0.29, 0.717) is 0 Å². The normalized spacial score (nSPS) is 14.6. The third-order valence-electron chi connectivity index (χ3n) is 3.17. The van der Waals surface area contributed by atoms with Crippen molar-refractivity contribution in [2.24, 2.45) is 11.1 Å². The molecule has 106 valence electrons. The number of rotatable bonds is 4. The molecule has 0 saturated carbocycles. The van der Waals surface area contributed by atoms with Crippen molar-refractivity contribution in [3.63, 3.8) is 0 Å². The summed E-state index contributed by atoms with van der Waals surface area (Å²) in [4.78, 5) is 12.1. The molecule has 0 saturated heterocycles. The second-order valence-electron chi connectivity index (χ2n) is 5.85. The average molecular weight is 264 g/mol. The summed E-state index contributed by atoms with van der Waals surface area (Å²) in [6, 6.07) is 7.01. The van der Waals surface area contributed by atoms with E-state index in [-0.39, 0.29) is 17.4 Å². The van der Waals surface area contributed by atoms with Crippen molar-refractivity contribution in [1.29, 1.82) is 0 Å². The molecule has 4 nitrogen and oxygen atoms in total. The quantitative estimate of drug-likeness (QED) is 0.876. The Balaban J connectivity index is 2.74. The van der Waals surface area contributed by atoms with E-state index in [1.807, 2.05) is 52.0 Å². The van der Waals surface area contributed by atoms with Gasteiger partial charge in [-0.25, -0.2) is 0 Å². The van der Waals surface area contributed by atoms with Crippen LogP contribution >= 0.6 is 0 Å². The van der Waals surface area contributed by atoms with Crippen LogP contribution in [0.2, 0.25) is 0 Å². The molecule has 4 heteroatoms. The number of methoxy groups -OCH3 is 1. The van der Waals surface area contributed by atoms with Gasteiger partial charge in [0.05, 0.1) is 19.2 Å². The molecule has 1 aromatic rings. The number of carbonyl (C=O) groups is 1. The molecule has 0 fully saturated rings. The standard InChI is InChI=1S/C15H24N2O2/c1-10(11-7-6-8-12(9-11)19-5)17-14(18)13(16)15(2,3)4/h6-10,13H,16H2,1-5H3,(H,17,18)/t10-,13+/m1/s1. The smallest absolute Gasteiger partial charge is 0.237 e. The lowest BCUT2D eigenvalue weighted by Crippen LogP contribution is -2.49. The first-order valence-corrected chi connectivity index (χ1v) is 6.45. The van der Waals surface area contributed by atoms with Gasteiger partial charge in [-0.05, 0) is 30.0 Å². The van der Waals surface area contributed by atoms with Crippen molar-refractivity contribution in [1.82, 2.24) is 5.32 Å². The topological polar surface area (TPSA) is 64.3 Å². The Labute approximate surface area is 115 Å². The average Bonchev–Trinajstić information content (AvgIpc) is 2.36. The Kier molecular flexibility index (Phi) is 4.95. The molecule has 2 atom stereocenters. The second kappa shape index (κ2) is 6.06. The Morgan fingerprint density at radius 1 is 1.37 bits per heavy atom. The summed E-state index contributed by atoms with van der Waals surface area (Å²) in [7, 11) is 1.62. The van der Waals surface area contributed by atoms with Crippen LogP contribution in [0.25, 0.3) is 0 Å². The Bertz CT molecular complexity index is 438. The van der Waals surface area contributed by atoms with Gasteiger partial charge in [-0.1, -0.05) is 32.9 Å². The molecule has 0 radical (unpaired) electrons. The molecule has 0 bridgehead atoms. The molecule has 0 aliphatic carbocycles. The van der Waals surface area contributed by atoms with Crippen molar-refractivity contribution >= 4 is 5.91 Å². The van der Waals surface area contributed by atoms with Crippen molar-refractivity contribution in [3.05, 3.63) is 29.8 Å². The predicted octanol–water partition coefficient (Wildman–Crippen LogP) is 2.25. The summed E-state index contributed by atoms with van der Waals surface area (Å²) in [5, 5.41) is 2.93. The van der Waals surface area contributed by atoms with E-state index in [4.69, 9.17) is 10.5 Å². The molecule has 1 rings (SSSR count). The molecule has 0 unspecified atom stereocenters. The van der Waals surface area contributed by atoms with Crippen LogP contribution in [0.4, 0.5) is 0 Å². The number of benzene rings is 1. The lowest BCUT2D eigenvalue weighted by molar-refractivity contribution is -0.125. The number of hydrogen-bond donors (Lipinski definition) is 2. The molecule has 1 amide bonds. The second-order valence-corrected chi connectivity index (χ2v) is 5.85. The first-order valence-electron chi connectivity index (χ1n) is 6.45. The minimum Gasteiger partial charge on any atom is -0.497 e. The van der Waals surface area contributed by atoms with Crippen LogP contribution in [0.15, 0.2) is 24.3 Å². The van der Waals surface area contributed by atoms with Gasteiger partial charge in [-0.2, -0.15) is 0 Å². The molecule has 1 aromatic carbocycles. The summed E-state index contributed by atoms with van der Waals surface area (Å²) in [6.45, 7) is 7.79. The highest BCUT2D eigenvalue weighted by atomic mass is 16.5. The van der Waals surface area contributed by atoms with Gasteiger partial charge in [0.1, 0.15) is 5.75 Å². The van der Waals surface area contributed by atoms with E-state index >= 15 is 0 Å². The van der Waals surface area contributed by atoms with E-state index in [0.717, 1.165) is 11.3 Å². The predicted molar refractivity (Wildman–Crippen MR) is 77.0 cm³/mol. The van der Waals surface area contributed by atoms with Crippen LogP contribution in [0, 0.1) is 5.41 Å².